The van der Waals surface area contributed by atoms with Gasteiger partial charge in [0.1, 0.15) is 24.2 Å². The number of benzene rings is 2. The largest absolute Gasteiger partial charge is 0.466 e. The van der Waals surface area contributed by atoms with Gasteiger partial charge in [-0.05, 0) is 60.2 Å². The number of carbonyl (C=O) groups is 8. The number of nitrogens with one attached hydrogen (secondary N) is 4. The van der Waals surface area contributed by atoms with E-state index in [1.165, 1.54) is 11.8 Å². The second-order valence-electron chi connectivity index (χ2n) is 22.2. The van der Waals surface area contributed by atoms with E-state index in [2.05, 4.69) is 60.5 Å². The summed E-state index contributed by atoms with van der Waals surface area (Å²) in [5.41, 5.74) is 1.46. The molecule has 0 unspecified atom stereocenters. The molecule has 1 aliphatic heterocycles. The third-order valence-electron chi connectivity index (χ3n) is 12.1. The van der Waals surface area contributed by atoms with E-state index in [-0.39, 0.29) is 75.0 Å². The van der Waals surface area contributed by atoms with Crippen LogP contribution in [0.25, 0.3) is 11.1 Å². The van der Waals surface area contributed by atoms with Gasteiger partial charge in [-0.25, -0.2) is 13.6 Å². The summed E-state index contributed by atoms with van der Waals surface area (Å²) in [5.74, 6) is -4.89. The van der Waals surface area contributed by atoms with E-state index in [4.69, 9.17) is 9.47 Å². The molecule has 0 saturated heterocycles. The lowest BCUT2D eigenvalue weighted by atomic mass is 9.83. The van der Waals surface area contributed by atoms with Gasteiger partial charge in [0.05, 0.1) is 25.0 Å². The number of hydrogen-bond acceptors (Lipinski definition) is 11. The molecule has 4 rings (SSSR count). The first-order chi connectivity index (χ1) is 35.7. The molecule has 17 nitrogen and oxygen atoms in total. The maximum atomic E-state index is 15.4. The van der Waals surface area contributed by atoms with Gasteiger partial charge in [-0.1, -0.05) is 90.4 Å². The van der Waals surface area contributed by atoms with Crippen LogP contribution >= 0.6 is 11.8 Å². The molecule has 0 fully saturated rings. The van der Waals surface area contributed by atoms with E-state index >= 15 is 4.39 Å². The zero-order chi connectivity index (χ0) is 56.2. The van der Waals surface area contributed by atoms with E-state index in [0.29, 0.717) is 30.8 Å². The monoisotopic (exact) mass is 1110 g/mol. The summed E-state index contributed by atoms with van der Waals surface area (Å²) in [4.78, 5) is 106. The van der Waals surface area contributed by atoms with Crippen LogP contribution in [0.4, 0.5) is 13.6 Å². The van der Waals surface area contributed by atoms with Gasteiger partial charge in [-0.2, -0.15) is 11.8 Å². The van der Waals surface area contributed by atoms with Crippen LogP contribution in [0.15, 0.2) is 72.9 Å². The Morgan fingerprint density at radius 3 is 2.07 bits per heavy atom. The molecule has 1 aliphatic rings. The number of nitrogens with zero attached hydrogens (tertiary/aromatic N) is 3. The van der Waals surface area contributed by atoms with Crippen molar-refractivity contribution in [1.29, 1.82) is 0 Å². The maximum absolute atomic E-state index is 15.4. The summed E-state index contributed by atoms with van der Waals surface area (Å²) in [7, 11) is -2.94. The van der Waals surface area contributed by atoms with Crippen LogP contribution in [-0.2, 0) is 49.6 Å². The Balaban J connectivity index is 1.50. The topological polar surface area (TPSA) is 215 Å². The van der Waals surface area contributed by atoms with Crippen molar-refractivity contribution < 1.29 is 56.6 Å². The Morgan fingerprint density at radius 1 is 0.776 bits per heavy atom. The van der Waals surface area contributed by atoms with E-state index in [0.717, 1.165) is 52.9 Å². The Labute approximate surface area is 452 Å². The Kier molecular flexibility index (Phi) is 24.1. The van der Waals surface area contributed by atoms with E-state index in [9.17, 15) is 42.7 Å². The fraction of sp³-hybridized carbons (Fsp3) is 0.519. The van der Waals surface area contributed by atoms with Gasteiger partial charge in [0.15, 0.2) is 0 Å². The molecule has 1 aromatic heterocycles. The number of hydrogen-bond donors (Lipinski definition) is 4. The number of esters is 1. The van der Waals surface area contributed by atoms with Crippen molar-refractivity contribution in [2.75, 3.05) is 57.4 Å². The van der Waals surface area contributed by atoms with Gasteiger partial charge in [-0.3, -0.25) is 38.5 Å². The molecule has 0 saturated carbocycles. The molecule has 0 bridgehead atoms. The van der Waals surface area contributed by atoms with Crippen molar-refractivity contribution in [3.05, 3.63) is 95.8 Å². The third kappa shape index (κ3) is 21.8. The first kappa shape index (κ1) is 62.4. The number of rotatable bonds is 30. The Morgan fingerprint density at radius 2 is 1.42 bits per heavy atom. The molecule has 22 heteroatoms. The Bertz CT molecular complexity index is 2510. The average Bonchev–Trinajstić information content (AvgIpc) is 3.88. The second-order valence-corrected chi connectivity index (χ2v) is 34.6. The number of imide groups is 1. The average molecular weight is 1110 g/mol. The molecule has 0 aliphatic carbocycles. The number of halogens is 2. The highest BCUT2D eigenvalue weighted by atomic mass is 32.2. The van der Waals surface area contributed by atoms with Crippen LogP contribution in [0.2, 0.25) is 51.4 Å². The number of alkyl carbamates (subject to hydrolysis) is 1. The van der Waals surface area contributed by atoms with Gasteiger partial charge in [-0.15, -0.1) is 0 Å². The van der Waals surface area contributed by atoms with Crippen LogP contribution in [0.1, 0.15) is 63.8 Å². The summed E-state index contributed by atoms with van der Waals surface area (Å²) < 4.78 is 42.9. The molecule has 0 spiro atoms. The van der Waals surface area contributed by atoms with Crippen molar-refractivity contribution in [1.82, 2.24) is 35.6 Å². The van der Waals surface area contributed by atoms with E-state index < -0.39 is 93.4 Å². The minimum absolute atomic E-state index is 0.0567. The Hall–Kier alpha value is -6.14. The van der Waals surface area contributed by atoms with Crippen LogP contribution in [0.5, 0.6) is 0 Å². The number of amides is 7. The summed E-state index contributed by atoms with van der Waals surface area (Å²) >= 11 is 1.21. The maximum Gasteiger partial charge on any atom is 0.407 e. The molecule has 4 N–H and O–H groups in total. The van der Waals surface area contributed by atoms with Crippen molar-refractivity contribution in [2.45, 2.75) is 116 Å². The quantitative estimate of drug-likeness (QED) is 0.0225. The summed E-state index contributed by atoms with van der Waals surface area (Å²) in [5, 5.41) is 10.7. The van der Waals surface area contributed by atoms with Gasteiger partial charge in [0, 0.05) is 103 Å². The van der Waals surface area contributed by atoms with Crippen LogP contribution < -0.4 is 21.3 Å². The predicted molar refractivity (Wildman–Crippen MR) is 295 cm³/mol. The molecule has 76 heavy (non-hydrogen) atoms. The van der Waals surface area contributed by atoms with E-state index in [1.54, 1.807) is 17.2 Å². The zero-order valence-corrected chi connectivity index (χ0v) is 48.3. The van der Waals surface area contributed by atoms with E-state index in [1.807, 2.05) is 55.7 Å². The lowest BCUT2D eigenvalue weighted by Crippen LogP contribution is -2.49. The highest BCUT2D eigenvalue weighted by molar-refractivity contribution is 7.99. The number of aromatic nitrogens is 1. The lowest BCUT2D eigenvalue weighted by Gasteiger charge is -2.41. The fourth-order valence-electron chi connectivity index (χ4n) is 8.00. The molecule has 7 amide bonds. The molecular formula is C54H77F2N7O10SSi2. The third-order valence-corrected chi connectivity index (χ3v) is 16.4. The normalized spacial score (nSPS) is 13.5. The van der Waals surface area contributed by atoms with Crippen molar-refractivity contribution in [3.63, 3.8) is 0 Å². The second kappa shape index (κ2) is 29.4. The highest BCUT2D eigenvalue weighted by Gasteiger charge is 2.37. The minimum atomic E-state index is -1.50. The van der Waals surface area contributed by atoms with Crippen molar-refractivity contribution >= 4 is 75.4 Å². The summed E-state index contributed by atoms with van der Waals surface area (Å²) in [6, 6.07) is 14.5. The molecule has 2 aromatic carbocycles. The van der Waals surface area contributed by atoms with Crippen LogP contribution in [0.3, 0.4) is 0 Å². The molecule has 2 heterocycles. The molecular weight excluding hydrogens is 1030 g/mol. The van der Waals surface area contributed by atoms with Gasteiger partial charge in [0.25, 0.3) is 11.8 Å². The summed E-state index contributed by atoms with van der Waals surface area (Å²) in [6.45, 7) is 19.6. The fourth-order valence-corrected chi connectivity index (χ4v) is 10.2. The number of carbonyl (C=O) groups excluding carboxylic acids is 8. The first-order valence-electron chi connectivity index (χ1n) is 25.7. The van der Waals surface area contributed by atoms with Crippen LogP contribution in [-0.4, -0.2) is 142 Å². The SMILES string of the molecule is CC(C)(C)[C@H](c1cc(-c2cc(F)ccc2F)cn1Cc1ccccc1)N(CCCNC(=O)OCC[Si](C)(C)C)C(=O)CSCCC(=O)N[C@@H](CCC(=O)OCC[Si](C)(C)C)C(=O)NCCNC(=O)CN1C(=O)C=CC1=O. The number of thioether (sulfide) groups is 1. The zero-order valence-electron chi connectivity index (χ0n) is 45.5. The van der Waals surface area contributed by atoms with Gasteiger partial charge >= 0.3 is 12.1 Å². The molecule has 2 atom stereocenters. The summed E-state index contributed by atoms with van der Waals surface area (Å²) in [6.07, 6.45) is 3.34. The van der Waals surface area contributed by atoms with Gasteiger partial charge in [0.2, 0.25) is 23.6 Å². The highest BCUT2D eigenvalue weighted by Crippen LogP contribution is 2.41. The standard InChI is InChI=1S/C54H77F2N7O10SSi2/c1-54(2,3)51(44-32-39(41-33-40(55)16-17-42(41)56)35-61(44)34-38-14-11-10-12-15-38)62(26-13-23-59-53(71)73-28-31-76(7,8)9)49(68)37-74-29-22-45(64)60-43(18-21-50(69)72-27-30-75(4,5)6)52(70)58-25-24-57-46(65)36-63-47(66)19-20-48(63)67/h10-12,14-17,19-20,32-33,35,43,51H,13,18,21-31,34,36-37H2,1-9H3,(H,57,65)(H,58,70)(H,59,71)(H,60,64)/t43-,51-/m0/s1. The smallest absolute Gasteiger partial charge is 0.407 e. The predicted octanol–water partition coefficient (Wildman–Crippen LogP) is 7.28. The van der Waals surface area contributed by atoms with Crippen molar-refractivity contribution in [2.24, 2.45) is 5.41 Å². The molecule has 3 aromatic rings. The number of ether oxygens (including phenoxy) is 2. The first-order valence-corrected chi connectivity index (χ1v) is 34.3. The molecule has 0 radical (unpaired) electrons. The lowest BCUT2D eigenvalue weighted by molar-refractivity contribution is -0.144. The molecule has 416 valence electrons. The van der Waals surface area contributed by atoms with Crippen LogP contribution in [0, 0.1) is 17.0 Å². The van der Waals surface area contributed by atoms with Crippen molar-refractivity contribution in [3.8, 4) is 11.1 Å². The minimum Gasteiger partial charge on any atom is -0.466 e. The van der Waals surface area contributed by atoms with Gasteiger partial charge < -0.3 is 40.2 Å².